The molecule has 1 amide bonds. The molecule has 0 unspecified atom stereocenters. The van der Waals surface area contributed by atoms with E-state index in [9.17, 15) is 9.59 Å². The van der Waals surface area contributed by atoms with Gasteiger partial charge in [0.1, 0.15) is 5.84 Å². The van der Waals surface area contributed by atoms with Crippen molar-refractivity contribution >= 4 is 11.7 Å². The van der Waals surface area contributed by atoms with Crippen molar-refractivity contribution in [3.8, 4) is 12.3 Å². The van der Waals surface area contributed by atoms with Crippen LogP contribution in [-0.4, -0.2) is 21.3 Å². The van der Waals surface area contributed by atoms with E-state index in [1.165, 1.54) is 22.9 Å². The van der Waals surface area contributed by atoms with Crippen LogP contribution < -0.4 is 10.9 Å². The highest BCUT2D eigenvalue weighted by Gasteiger charge is 2.11. The van der Waals surface area contributed by atoms with Crippen molar-refractivity contribution in [2.24, 2.45) is 0 Å². The summed E-state index contributed by atoms with van der Waals surface area (Å²) in [5.41, 5.74) is 3.00. The molecule has 0 spiro atoms. The van der Waals surface area contributed by atoms with Gasteiger partial charge in [-0.25, -0.2) is 0 Å². The summed E-state index contributed by atoms with van der Waals surface area (Å²) in [4.78, 5) is 28.7. The summed E-state index contributed by atoms with van der Waals surface area (Å²) in [6.45, 7) is 2.15. The number of amides is 1. The number of hydrogen-bond donors (Lipinski definition) is 2. The number of amidine groups is 1. The summed E-state index contributed by atoms with van der Waals surface area (Å²) >= 11 is 0. The molecule has 138 valence electrons. The molecule has 0 saturated carbocycles. The predicted molar refractivity (Wildman–Crippen MR) is 107 cm³/mol. The smallest absolute Gasteiger partial charge is 0.258 e. The van der Waals surface area contributed by atoms with Gasteiger partial charge in [-0.3, -0.25) is 20.0 Å². The number of aryl methyl sites for hydroxylation is 1. The lowest BCUT2D eigenvalue weighted by Crippen LogP contribution is -2.32. The minimum absolute atomic E-state index is 0.00243. The molecule has 28 heavy (non-hydrogen) atoms. The van der Waals surface area contributed by atoms with Crippen LogP contribution in [0.1, 0.15) is 32.6 Å². The first kappa shape index (κ1) is 18.8. The van der Waals surface area contributed by atoms with Gasteiger partial charge in [0.2, 0.25) is 0 Å². The Labute approximate surface area is 162 Å². The van der Waals surface area contributed by atoms with Crippen LogP contribution in [0.2, 0.25) is 0 Å². The summed E-state index contributed by atoms with van der Waals surface area (Å²) in [7, 11) is 0. The number of carbonyl (C=O) groups is 1. The second kappa shape index (κ2) is 8.14. The average molecular weight is 370 g/mol. The fraction of sp³-hybridized carbons (Fsp3) is 0.0909. The van der Waals surface area contributed by atoms with E-state index < -0.39 is 5.91 Å². The summed E-state index contributed by atoms with van der Waals surface area (Å²) in [5.74, 6) is 2.04. The molecule has 0 aliphatic rings. The van der Waals surface area contributed by atoms with E-state index in [-0.39, 0.29) is 23.5 Å². The Hall–Kier alpha value is -3.98. The van der Waals surface area contributed by atoms with Crippen molar-refractivity contribution in [1.29, 1.82) is 5.41 Å². The number of terminal acetylenes is 1. The number of rotatable bonds is 4. The highest BCUT2D eigenvalue weighted by atomic mass is 16.2. The fourth-order valence-electron chi connectivity index (χ4n) is 2.70. The fourth-order valence-corrected chi connectivity index (χ4v) is 2.70. The normalized spacial score (nSPS) is 10.1. The van der Waals surface area contributed by atoms with Gasteiger partial charge in [-0.1, -0.05) is 29.7 Å². The lowest BCUT2D eigenvalue weighted by Gasteiger charge is -2.10. The molecule has 0 fully saturated rings. The Bertz CT molecular complexity index is 1160. The van der Waals surface area contributed by atoms with E-state index >= 15 is 0 Å². The zero-order valence-electron chi connectivity index (χ0n) is 15.3. The topological polar surface area (TPSA) is 87.8 Å². The monoisotopic (exact) mass is 370 g/mol. The van der Waals surface area contributed by atoms with Crippen molar-refractivity contribution in [2.45, 2.75) is 13.5 Å². The molecule has 6 nitrogen and oxygen atoms in total. The summed E-state index contributed by atoms with van der Waals surface area (Å²) < 4.78 is 1.41. The zero-order valence-corrected chi connectivity index (χ0v) is 15.3. The lowest BCUT2D eigenvalue weighted by molar-refractivity contribution is 0.0976. The van der Waals surface area contributed by atoms with Crippen molar-refractivity contribution < 1.29 is 4.79 Å². The number of nitrogens with zero attached hydrogens (tertiary/aromatic N) is 2. The molecule has 0 atom stereocenters. The Morgan fingerprint density at radius 2 is 2.04 bits per heavy atom. The molecule has 0 aliphatic carbocycles. The number of nitrogens with one attached hydrogen (secondary N) is 2. The predicted octanol–water partition coefficient (Wildman–Crippen LogP) is 2.34. The van der Waals surface area contributed by atoms with Gasteiger partial charge < -0.3 is 9.88 Å². The van der Waals surface area contributed by atoms with Crippen LogP contribution in [0.3, 0.4) is 0 Å². The molecular weight excluding hydrogens is 352 g/mol. The van der Waals surface area contributed by atoms with Crippen LogP contribution in [0.15, 0.2) is 65.8 Å². The van der Waals surface area contributed by atoms with E-state index in [0.29, 0.717) is 11.1 Å². The Morgan fingerprint density at radius 1 is 1.21 bits per heavy atom. The minimum atomic E-state index is -0.462. The van der Waals surface area contributed by atoms with Gasteiger partial charge in [0.05, 0.1) is 12.1 Å². The largest absolute Gasteiger partial charge is 0.310 e. The standard InChI is InChI=1S/C22H18N4O2/c1-3-16-10-17(12-24-11-16)13-26-14-19(7-8-20(26)27)22(28)25-21(23)18-6-4-5-15(2)9-18/h1,4-12,14H,13H2,2H3,(H2,23,25,28). The Balaban J connectivity index is 1.80. The van der Waals surface area contributed by atoms with Gasteiger partial charge in [-0.15, -0.1) is 6.42 Å². The zero-order chi connectivity index (χ0) is 20.1. The highest BCUT2D eigenvalue weighted by molar-refractivity contribution is 6.11. The molecule has 0 bridgehead atoms. The maximum atomic E-state index is 12.5. The molecule has 2 heterocycles. The maximum absolute atomic E-state index is 12.5. The Morgan fingerprint density at radius 3 is 2.79 bits per heavy atom. The second-order valence-corrected chi connectivity index (χ2v) is 6.31. The molecule has 2 N–H and O–H groups in total. The minimum Gasteiger partial charge on any atom is -0.310 e. The first-order chi connectivity index (χ1) is 13.5. The van der Waals surface area contributed by atoms with E-state index in [4.69, 9.17) is 11.8 Å². The molecule has 3 rings (SSSR count). The van der Waals surface area contributed by atoms with Crippen LogP contribution >= 0.6 is 0 Å². The van der Waals surface area contributed by atoms with Crippen LogP contribution in [0.4, 0.5) is 0 Å². The number of hydrogen-bond acceptors (Lipinski definition) is 4. The first-order valence-electron chi connectivity index (χ1n) is 8.54. The van der Waals surface area contributed by atoms with Crippen molar-refractivity contribution in [3.63, 3.8) is 0 Å². The third kappa shape index (κ3) is 4.40. The maximum Gasteiger partial charge on any atom is 0.258 e. The van der Waals surface area contributed by atoms with Gasteiger partial charge in [0, 0.05) is 35.8 Å². The van der Waals surface area contributed by atoms with Crippen molar-refractivity contribution in [3.05, 3.63) is 99.2 Å². The summed E-state index contributed by atoms with van der Waals surface area (Å²) in [6, 6.07) is 11.8. The van der Waals surface area contributed by atoms with E-state index in [1.54, 1.807) is 24.5 Å². The quantitative estimate of drug-likeness (QED) is 0.420. The third-order valence-electron chi connectivity index (χ3n) is 4.11. The summed E-state index contributed by atoms with van der Waals surface area (Å²) in [6.07, 6.45) is 10.0. The van der Waals surface area contributed by atoms with E-state index in [0.717, 1.165) is 11.1 Å². The van der Waals surface area contributed by atoms with Gasteiger partial charge in [0.15, 0.2) is 0 Å². The summed E-state index contributed by atoms with van der Waals surface area (Å²) in [5, 5.41) is 10.7. The van der Waals surface area contributed by atoms with Crippen LogP contribution in [0.25, 0.3) is 0 Å². The average Bonchev–Trinajstić information content (AvgIpc) is 2.69. The van der Waals surface area contributed by atoms with Crippen LogP contribution in [0, 0.1) is 24.7 Å². The van der Waals surface area contributed by atoms with Crippen molar-refractivity contribution in [1.82, 2.24) is 14.9 Å². The number of pyridine rings is 2. The van der Waals surface area contributed by atoms with Crippen molar-refractivity contribution in [2.75, 3.05) is 0 Å². The molecule has 2 aromatic heterocycles. The molecular formula is C22H18N4O2. The number of carbonyl (C=O) groups excluding carboxylic acids is 1. The Kier molecular flexibility index (Phi) is 5.47. The van der Waals surface area contributed by atoms with Crippen LogP contribution in [0.5, 0.6) is 0 Å². The number of benzene rings is 1. The molecule has 3 aromatic rings. The molecule has 1 aromatic carbocycles. The number of aromatic nitrogens is 2. The van der Waals surface area contributed by atoms with Crippen LogP contribution in [-0.2, 0) is 6.54 Å². The second-order valence-electron chi connectivity index (χ2n) is 6.31. The first-order valence-corrected chi connectivity index (χ1v) is 8.54. The molecule has 0 aliphatic heterocycles. The van der Waals surface area contributed by atoms with Gasteiger partial charge >= 0.3 is 0 Å². The SMILES string of the molecule is C#Cc1cncc(Cn2cc(C(=O)NC(=N)c3cccc(C)c3)ccc2=O)c1. The third-order valence-corrected chi connectivity index (χ3v) is 4.11. The van der Waals surface area contributed by atoms with E-state index in [1.807, 2.05) is 25.1 Å². The molecule has 0 saturated heterocycles. The molecule has 6 heteroatoms. The highest BCUT2D eigenvalue weighted by Crippen LogP contribution is 2.06. The molecule has 0 radical (unpaired) electrons. The lowest BCUT2D eigenvalue weighted by atomic mass is 10.1. The van der Waals surface area contributed by atoms with Gasteiger partial charge in [-0.2, -0.15) is 0 Å². The van der Waals surface area contributed by atoms with Gasteiger partial charge in [0.25, 0.3) is 11.5 Å². The van der Waals surface area contributed by atoms with Gasteiger partial charge in [-0.05, 0) is 30.7 Å². The van der Waals surface area contributed by atoms with E-state index in [2.05, 4.69) is 16.2 Å².